The van der Waals surface area contributed by atoms with Crippen LogP contribution in [0, 0.1) is 0 Å². The molecule has 0 aliphatic carbocycles. The highest BCUT2D eigenvalue weighted by atomic mass is 28.3. The highest BCUT2D eigenvalue weighted by Crippen LogP contribution is 2.46. The summed E-state index contributed by atoms with van der Waals surface area (Å²) in [6, 6.07) is 8.99. The van der Waals surface area contributed by atoms with E-state index >= 15 is 0 Å². The number of quaternary nitrogens is 1. The number of hydrogen-bond acceptors (Lipinski definition) is 0. The fourth-order valence-corrected chi connectivity index (χ4v) is 11.5. The molecular formula is C20H35N2Si+. The maximum Gasteiger partial charge on any atom is 0.169 e. The molecule has 2 nitrogen and oxygen atoms in total. The molecule has 0 N–H and O–H groups in total. The number of para-hydroxylation sites is 1. The van der Waals surface area contributed by atoms with Crippen LogP contribution in [0.15, 0.2) is 30.5 Å². The summed E-state index contributed by atoms with van der Waals surface area (Å²) in [6.45, 7) is 14.6. The lowest BCUT2D eigenvalue weighted by Gasteiger charge is -2.44. The van der Waals surface area contributed by atoms with Gasteiger partial charge in [0.05, 0.1) is 32.7 Å². The quantitative estimate of drug-likeness (QED) is 0.477. The van der Waals surface area contributed by atoms with E-state index in [0.717, 1.165) is 4.48 Å². The van der Waals surface area contributed by atoms with Gasteiger partial charge in [0.15, 0.2) is 13.9 Å². The van der Waals surface area contributed by atoms with Crippen molar-refractivity contribution in [2.45, 2.75) is 58.2 Å². The molecule has 1 aromatic heterocycles. The van der Waals surface area contributed by atoms with Crippen molar-refractivity contribution < 1.29 is 0 Å². The second-order valence-corrected chi connectivity index (χ2v) is 14.5. The second kappa shape index (κ2) is 6.10. The molecule has 0 spiro atoms. The van der Waals surface area contributed by atoms with E-state index in [1.54, 1.807) is 0 Å². The molecule has 0 amide bonds. The first-order valence-corrected chi connectivity index (χ1v) is 11.1. The van der Waals surface area contributed by atoms with Crippen LogP contribution >= 0.6 is 0 Å². The molecule has 0 atom stereocenters. The molecule has 3 heteroatoms. The Morgan fingerprint density at radius 2 is 1.30 bits per heavy atom. The number of nitrogens with zero attached hydrogens (tertiary/aromatic N) is 2. The van der Waals surface area contributed by atoms with Crippen molar-refractivity contribution in [1.82, 2.24) is 8.72 Å². The largest absolute Gasteiger partial charge is 0.368 e. The number of aromatic nitrogens is 1. The summed E-state index contributed by atoms with van der Waals surface area (Å²) in [5.74, 6) is 0. The molecule has 1 aromatic carbocycles. The monoisotopic (exact) mass is 331 g/mol. The SMILES string of the molecule is CC(C)[Si](C(C)C)(C(C)C)n1cc([N+](C)(C)C)c2ccccc21. The van der Waals surface area contributed by atoms with Gasteiger partial charge in [-0.3, -0.25) is 4.48 Å². The normalized spacial score (nSPS) is 13.7. The predicted molar refractivity (Wildman–Crippen MR) is 108 cm³/mol. The van der Waals surface area contributed by atoms with E-state index in [1.165, 1.54) is 16.6 Å². The third-order valence-electron chi connectivity index (χ3n) is 5.61. The minimum absolute atomic E-state index is 0.707. The first-order valence-electron chi connectivity index (χ1n) is 8.97. The summed E-state index contributed by atoms with van der Waals surface area (Å²) < 4.78 is 3.60. The summed E-state index contributed by atoms with van der Waals surface area (Å²) in [5.41, 5.74) is 4.98. The Labute approximate surface area is 143 Å². The topological polar surface area (TPSA) is 4.93 Å². The van der Waals surface area contributed by atoms with Crippen molar-refractivity contribution in [2.24, 2.45) is 0 Å². The van der Waals surface area contributed by atoms with Gasteiger partial charge in [0, 0.05) is 5.52 Å². The van der Waals surface area contributed by atoms with Crippen molar-refractivity contribution >= 4 is 24.8 Å². The van der Waals surface area contributed by atoms with Crippen LogP contribution in [0.5, 0.6) is 0 Å². The summed E-state index contributed by atoms with van der Waals surface area (Å²) in [5, 5.41) is 1.42. The fraction of sp³-hybridized carbons (Fsp3) is 0.600. The minimum atomic E-state index is -1.72. The van der Waals surface area contributed by atoms with Crippen molar-refractivity contribution in [3.05, 3.63) is 30.5 Å². The zero-order chi connectivity index (χ0) is 17.6. The molecular weight excluding hydrogens is 296 g/mol. The molecule has 0 saturated carbocycles. The molecule has 0 bridgehead atoms. The van der Waals surface area contributed by atoms with E-state index in [0.29, 0.717) is 16.6 Å². The zero-order valence-corrected chi connectivity index (χ0v) is 17.5. The average molecular weight is 332 g/mol. The molecule has 2 aromatic rings. The van der Waals surface area contributed by atoms with E-state index in [9.17, 15) is 0 Å². The van der Waals surface area contributed by atoms with Crippen LogP contribution in [0.4, 0.5) is 5.69 Å². The third kappa shape index (κ3) is 2.78. The first-order chi connectivity index (χ1) is 10.5. The Balaban J connectivity index is 2.90. The average Bonchev–Trinajstić information content (AvgIpc) is 2.78. The summed E-state index contributed by atoms with van der Waals surface area (Å²) in [7, 11) is 5.10. The first kappa shape index (κ1) is 18.3. The fourth-order valence-electron chi connectivity index (χ4n) is 4.85. The molecule has 0 aliphatic heterocycles. The van der Waals surface area contributed by atoms with E-state index in [4.69, 9.17) is 0 Å². The van der Waals surface area contributed by atoms with Crippen molar-refractivity contribution in [3.8, 4) is 0 Å². The third-order valence-corrected chi connectivity index (χ3v) is 12.4. The van der Waals surface area contributed by atoms with Crippen LogP contribution in [0.2, 0.25) is 16.6 Å². The van der Waals surface area contributed by atoms with Crippen molar-refractivity contribution in [2.75, 3.05) is 21.1 Å². The van der Waals surface area contributed by atoms with Gasteiger partial charge in [-0.2, -0.15) is 0 Å². The van der Waals surface area contributed by atoms with Crippen molar-refractivity contribution in [3.63, 3.8) is 0 Å². The van der Waals surface area contributed by atoms with Gasteiger partial charge in [-0.25, -0.2) is 0 Å². The minimum Gasteiger partial charge on any atom is -0.368 e. The molecule has 2 rings (SSSR count). The number of rotatable bonds is 5. The number of benzene rings is 1. The lowest BCUT2D eigenvalue weighted by Crippen LogP contribution is -2.51. The Kier molecular flexibility index (Phi) is 4.85. The molecule has 0 fully saturated rings. The Morgan fingerprint density at radius 1 is 0.826 bits per heavy atom. The second-order valence-electron chi connectivity index (χ2n) is 8.77. The Hall–Kier alpha value is -1.06. The molecule has 1 heterocycles. The van der Waals surface area contributed by atoms with Gasteiger partial charge in [-0.1, -0.05) is 53.7 Å². The Morgan fingerprint density at radius 3 is 1.74 bits per heavy atom. The van der Waals surface area contributed by atoms with E-state index in [2.05, 4.69) is 97.4 Å². The van der Waals surface area contributed by atoms with Crippen LogP contribution in [0.1, 0.15) is 41.5 Å². The highest BCUT2D eigenvalue weighted by Gasteiger charge is 2.46. The van der Waals surface area contributed by atoms with Crippen LogP contribution in [0.25, 0.3) is 10.9 Å². The molecule has 0 radical (unpaired) electrons. The van der Waals surface area contributed by atoms with Gasteiger partial charge in [0.2, 0.25) is 0 Å². The van der Waals surface area contributed by atoms with Gasteiger partial charge < -0.3 is 4.23 Å². The van der Waals surface area contributed by atoms with Gasteiger partial charge in [0.1, 0.15) is 0 Å². The van der Waals surface area contributed by atoms with E-state index in [-0.39, 0.29) is 0 Å². The van der Waals surface area contributed by atoms with Gasteiger partial charge in [-0.15, -0.1) is 0 Å². The summed E-state index contributed by atoms with van der Waals surface area (Å²) in [4.78, 5) is 0. The molecule has 0 unspecified atom stereocenters. The van der Waals surface area contributed by atoms with Crippen molar-refractivity contribution in [1.29, 1.82) is 0 Å². The number of hydrogen-bond donors (Lipinski definition) is 0. The predicted octanol–water partition coefficient (Wildman–Crippen LogP) is 5.86. The zero-order valence-electron chi connectivity index (χ0n) is 16.5. The maximum absolute atomic E-state index is 2.74. The Bertz CT molecular complexity index is 653. The molecule has 23 heavy (non-hydrogen) atoms. The van der Waals surface area contributed by atoms with Crippen LogP contribution in [0.3, 0.4) is 0 Å². The van der Waals surface area contributed by atoms with Gasteiger partial charge in [-0.05, 0) is 28.8 Å². The van der Waals surface area contributed by atoms with Gasteiger partial charge in [0.25, 0.3) is 0 Å². The van der Waals surface area contributed by atoms with Crippen LogP contribution in [-0.2, 0) is 0 Å². The molecule has 0 saturated heterocycles. The standard InChI is InChI=1S/C20H35N2Si/c1-15(2)23(16(3)4,17(5)6)21-14-20(22(7,8)9)18-12-10-11-13-19(18)21/h10-17H,1-9H3/q+1. The van der Waals surface area contributed by atoms with Crippen LogP contribution < -0.4 is 4.48 Å². The smallest absolute Gasteiger partial charge is 0.169 e. The summed E-state index contributed by atoms with van der Waals surface area (Å²) >= 11 is 0. The molecule has 128 valence electrons. The lowest BCUT2D eigenvalue weighted by molar-refractivity contribution is 0.489. The summed E-state index contributed by atoms with van der Waals surface area (Å²) in [6.07, 6.45) is 2.48. The van der Waals surface area contributed by atoms with E-state index < -0.39 is 8.24 Å². The van der Waals surface area contributed by atoms with Crippen LogP contribution in [-0.4, -0.2) is 33.6 Å². The molecule has 0 aliphatic rings. The highest BCUT2D eigenvalue weighted by molar-refractivity contribution is 6.82. The van der Waals surface area contributed by atoms with Gasteiger partial charge >= 0.3 is 0 Å². The number of fused-ring (bicyclic) bond motifs is 1. The lowest BCUT2D eigenvalue weighted by atomic mass is 10.2. The van der Waals surface area contributed by atoms with E-state index in [1.807, 2.05) is 0 Å². The maximum atomic E-state index is 2.74.